The van der Waals surface area contributed by atoms with Gasteiger partial charge in [0.2, 0.25) is 0 Å². The summed E-state index contributed by atoms with van der Waals surface area (Å²) in [7, 11) is -3.30. The lowest BCUT2D eigenvalue weighted by Crippen LogP contribution is -2.49. The Morgan fingerprint density at radius 1 is 1.12 bits per heavy atom. The third-order valence-electron chi connectivity index (χ3n) is 5.17. The van der Waals surface area contributed by atoms with Crippen LogP contribution < -0.4 is 5.32 Å². The number of sulfone groups is 1. The Hall–Kier alpha value is -1.15. The molecule has 0 spiro atoms. The first kappa shape index (κ1) is 21.2. The maximum Gasteiger partial charge on any atom is 0.253 e. The van der Waals surface area contributed by atoms with Gasteiger partial charge in [-0.1, -0.05) is 0 Å². The van der Waals surface area contributed by atoms with E-state index in [1.165, 1.54) is 0 Å². The molecular weight excluding hydrogens is 374 g/mol. The molecule has 0 radical (unpaired) electrons. The van der Waals surface area contributed by atoms with Crippen LogP contribution in [0.4, 0.5) is 0 Å². The molecule has 3 rings (SSSR count). The van der Waals surface area contributed by atoms with Gasteiger partial charge in [-0.15, -0.1) is 12.4 Å². The van der Waals surface area contributed by atoms with Crippen LogP contribution >= 0.6 is 12.4 Å². The zero-order valence-electron chi connectivity index (χ0n) is 15.3. The Morgan fingerprint density at radius 2 is 1.73 bits per heavy atom. The van der Waals surface area contributed by atoms with Crippen molar-refractivity contribution in [3.8, 4) is 0 Å². The molecule has 1 atom stereocenters. The summed E-state index contributed by atoms with van der Waals surface area (Å²) in [5, 5.41) is 2.89. The van der Waals surface area contributed by atoms with Gasteiger partial charge in [-0.25, -0.2) is 8.42 Å². The van der Waals surface area contributed by atoms with Gasteiger partial charge in [0.05, 0.1) is 10.1 Å². The molecule has 1 aromatic carbocycles. The molecule has 8 heteroatoms. The number of hydrogen-bond acceptors (Lipinski definition) is 5. The lowest BCUT2D eigenvalue weighted by molar-refractivity contribution is 0.0773. The van der Waals surface area contributed by atoms with Gasteiger partial charge < -0.3 is 10.2 Å². The number of halogens is 1. The molecule has 1 N–H and O–H groups in total. The number of nitrogens with zero attached hydrogens (tertiary/aromatic N) is 2. The number of hydrogen-bond donors (Lipinski definition) is 1. The molecule has 0 aliphatic carbocycles. The van der Waals surface area contributed by atoms with Crippen LogP contribution in [-0.2, 0) is 9.84 Å². The predicted molar refractivity (Wildman–Crippen MR) is 105 cm³/mol. The van der Waals surface area contributed by atoms with E-state index < -0.39 is 15.1 Å². The highest BCUT2D eigenvalue weighted by atomic mass is 35.5. The fraction of sp³-hybridized carbons (Fsp3) is 0.611. The summed E-state index contributed by atoms with van der Waals surface area (Å²) in [6.07, 6.45) is 1.01. The van der Waals surface area contributed by atoms with Crippen molar-refractivity contribution >= 4 is 28.2 Å². The zero-order valence-corrected chi connectivity index (χ0v) is 17.0. The van der Waals surface area contributed by atoms with E-state index in [1.54, 1.807) is 38.1 Å². The van der Waals surface area contributed by atoms with Gasteiger partial charge in [0.15, 0.2) is 9.84 Å². The van der Waals surface area contributed by atoms with Crippen LogP contribution in [-0.4, -0.2) is 74.7 Å². The van der Waals surface area contributed by atoms with Gasteiger partial charge in [-0.05, 0) is 44.5 Å². The quantitative estimate of drug-likeness (QED) is 0.826. The summed E-state index contributed by atoms with van der Waals surface area (Å²) in [6.45, 7) is 8.93. The number of carbonyl (C=O) groups excluding carboxylic acids is 1. The average Bonchev–Trinajstić information content (AvgIpc) is 3.12. The molecule has 1 unspecified atom stereocenters. The van der Waals surface area contributed by atoms with Crippen molar-refractivity contribution in [3.63, 3.8) is 0 Å². The second-order valence-corrected chi connectivity index (χ2v) is 9.60. The number of benzene rings is 1. The van der Waals surface area contributed by atoms with Crippen LogP contribution in [0.3, 0.4) is 0 Å². The highest BCUT2D eigenvalue weighted by Crippen LogP contribution is 2.21. The van der Waals surface area contributed by atoms with Crippen LogP contribution in [0.25, 0.3) is 0 Å². The number of piperazine rings is 1. The second kappa shape index (κ2) is 8.69. The summed E-state index contributed by atoms with van der Waals surface area (Å²) >= 11 is 0. The molecule has 1 aromatic rings. The first-order valence-electron chi connectivity index (χ1n) is 8.97. The fourth-order valence-corrected chi connectivity index (χ4v) is 4.57. The number of likely N-dealkylation sites (tertiary alicyclic amines) is 1. The van der Waals surface area contributed by atoms with E-state index in [0.29, 0.717) is 11.6 Å². The molecule has 26 heavy (non-hydrogen) atoms. The van der Waals surface area contributed by atoms with Gasteiger partial charge >= 0.3 is 0 Å². The van der Waals surface area contributed by atoms with Crippen molar-refractivity contribution in [2.75, 3.05) is 39.3 Å². The van der Waals surface area contributed by atoms with Crippen LogP contribution in [0, 0.1) is 0 Å². The summed E-state index contributed by atoms with van der Waals surface area (Å²) in [5.41, 5.74) is 0.559. The van der Waals surface area contributed by atoms with Gasteiger partial charge in [0, 0.05) is 50.9 Å². The highest BCUT2D eigenvalue weighted by molar-refractivity contribution is 7.92. The molecule has 0 bridgehead atoms. The number of carbonyl (C=O) groups is 1. The van der Waals surface area contributed by atoms with Crippen molar-refractivity contribution in [3.05, 3.63) is 29.8 Å². The van der Waals surface area contributed by atoms with E-state index in [9.17, 15) is 13.2 Å². The molecule has 0 aromatic heterocycles. The molecule has 146 valence electrons. The molecule has 0 saturated carbocycles. The van der Waals surface area contributed by atoms with Crippen LogP contribution in [0.15, 0.2) is 29.2 Å². The van der Waals surface area contributed by atoms with E-state index in [2.05, 4.69) is 10.2 Å². The van der Waals surface area contributed by atoms with Crippen molar-refractivity contribution in [2.24, 2.45) is 0 Å². The SMILES string of the molecule is CC(C)S(=O)(=O)c1ccc(C(=O)N2CCC(N3CCNCC3)C2)cc1.Cl. The molecule has 2 saturated heterocycles. The smallest absolute Gasteiger partial charge is 0.253 e. The molecule has 2 aliphatic rings. The maximum absolute atomic E-state index is 12.7. The van der Waals surface area contributed by atoms with Crippen LogP contribution in [0.2, 0.25) is 0 Å². The second-order valence-electron chi connectivity index (χ2n) is 7.10. The fourth-order valence-electron chi connectivity index (χ4n) is 3.51. The Bertz CT molecular complexity index is 716. The molecule has 6 nitrogen and oxygen atoms in total. The van der Waals surface area contributed by atoms with Crippen LogP contribution in [0.5, 0.6) is 0 Å². The van der Waals surface area contributed by atoms with Crippen molar-refractivity contribution < 1.29 is 13.2 Å². The molecule has 2 aliphatic heterocycles. The number of nitrogens with one attached hydrogen (secondary N) is 1. The topological polar surface area (TPSA) is 69.7 Å². The van der Waals surface area contributed by atoms with Gasteiger partial charge in [0.25, 0.3) is 5.91 Å². The Labute approximate surface area is 162 Å². The van der Waals surface area contributed by atoms with Gasteiger partial charge in [-0.2, -0.15) is 0 Å². The average molecular weight is 402 g/mol. The Kier molecular flexibility index (Phi) is 7.07. The van der Waals surface area contributed by atoms with Gasteiger partial charge in [-0.3, -0.25) is 9.69 Å². The molecule has 2 fully saturated rings. The summed E-state index contributed by atoms with van der Waals surface area (Å²) in [4.78, 5) is 17.3. The summed E-state index contributed by atoms with van der Waals surface area (Å²) in [5.74, 6) is -0.00821. The normalized spacial score (nSPS) is 21.7. The zero-order chi connectivity index (χ0) is 18.0. The lowest BCUT2D eigenvalue weighted by atomic mass is 10.2. The minimum Gasteiger partial charge on any atom is -0.337 e. The number of amides is 1. The molecular formula is C18H28ClN3O3S. The maximum atomic E-state index is 12.7. The van der Waals surface area contributed by atoms with E-state index in [0.717, 1.165) is 45.7 Å². The van der Waals surface area contributed by atoms with E-state index in [1.807, 2.05) is 4.90 Å². The predicted octanol–water partition coefficient (Wildman–Crippen LogP) is 1.41. The van der Waals surface area contributed by atoms with E-state index >= 15 is 0 Å². The van der Waals surface area contributed by atoms with E-state index in [4.69, 9.17) is 0 Å². The third-order valence-corrected chi connectivity index (χ3v) is 7.34. The van der Waals surface area contributed by atoms with Crippen molar-refractivity contribution in [1.29, 1.82) is 0 Å². The third kappa shape index (κ3) is 4.39. The van der Waals surface area contributed by atoms with Crippen molar-refractivity contribution in [2.45, 2.75) is 36.5 Å². The number of rotatable bonds is 4. The lowest BCUT2D eigenvalue weighted by Gasteiger charge is -2.32. The highest BCUT2D eigenvalue weighted by Gasteiger charge is 2.31. The minimum atomic E-state index is -3.30. The van der Waals surface area contributed by atoms with Gasteiger partial charge in [0.1, 0.15) is 0 Å². The summed E-state index contributed by atoms with van der Waals surface area (Å²) < 4.78 is 24.4. The standard InChI is InChI=1S/C18H27N3O3S.ClH/c1-14(2)25(23,24)17-5-3-15(4-6-17)18(22)21-10-7-16(13-21)20-11-8-19-9-12-20;/h3-6,14,16,19H,7-13H2,1-2H3;1H. The van der Waals surface area contributed by atoms with E-state index in [-0.39, 0.29) is 23.2 Å². The molecule has 2 heterocycles. The Balaban J connectivity index is 0.00000243. The summed E-state index contributed by atoms with van der Waals surface area (Å²) in [6, 6.07) is 6.80. The first-order chi connectivity index (χ1) is 11.9. The first-order valence-corrected chi connectivity index (χ1v) is 10.5. The Morgan fingerprint density at radius 3 is 2.31 bits per heavy atom. The molecule has 1 amide bonds. The van der Waals surface area contributed by atoms with Crippen LogP contribution in [0.1, 0.15) is 30.6 Å². The largest absolute Gasteiger partial charge is 0.337 e. The minimum absolute atomic E-state index is 0. The monoisotopic (exact) mass is 401 g/mol. The van der Waals surface area contributed by atoms with Crippen molar-refractivity contribution in [1.82, 2.24) is 15.1 Å².